The van der Waals surface area contributed by atoms with Gasteiger partial charge in [-0.15, -0.1) is 0 Å². The number of aryl methyl sites for hydroxylation is 1. The summed E-state index contributed by atoms with van der Waals surface area (Å²) in [6.07, 6.45) is 0. The molecule has 0 saturated carbocycles. The predicted molar refractivity (Wildman–Crippen MR) is 65.5 cm³/mol. The second kappa shape index (κ2) is 3.82. The fourth-order valence-electron chi connectivity index (χ4n) is 1.86. The van der Waals surface area contributed by atoms with Gasteiger partial charge < -0.3 is 4.90 Å². The van der Waals surface area contributed by atoms with E-state index in [2.05, 4.69) is 11.1 Å². The van der Waals surface area contributed by atoms with Crippen molar-refractivity contribution < 1.29 is 0 Å². The third-order valence-electron chi connectivity index (χ3n) is 2.57. The molecule has 0 aliphatic carbocycles. The average molecular weight is 211 g/mol. The van der Waals surface area contributed by atoms with Gasteiger partial charge in [0.25, 0.3) is 0 Å². The van der Waals surface area contributed by atoms with Gasteiger partial charge in [-0.3, -0.25) is 0 Å². The standard InChI is InChI=1S/C13H13N3/c1-9-7-11-10(12(8-14)15-9)5-4-6-13(11)16(2)3/h4-7H,1-3H3. The molecular formula is C13H13N3. The minimum Gasteiger partial charge on any atom is -0.377 e. The maximum atomic E-state index is 9.06. The van der Waals surface area contributed by atoms with Crippen LogP contribution in [0.2, 0.25) is 0 Å². The van der Waals surface area contributed by atoms with Crippen molar-refractivity contribution in [1.82, 2.24) is 4.98 Å². The molecule has 16 heavy (non-hydrogen) atoms. The van der Waals surface area contributed by atoms with E-state index < -0.39 is 0 Å². The first kappa shape index (κ1) is 10.4. The van der Waals surface area contributed by atoms with Gasteiger partial charge in [0.2, 0.25) is 0 Å². The zero-order valence-electron chi connectivity index (χ0n) is 9.65. The van der Waals surface area contributed by atoms with Gasteiger partial charge in [-0.1, -0.05) is 12.1 Å². The Hall–Kier alpha value is -2.08. The number of fused-ring (bicyclic) bond motifs is 1. The Balaban J connectivity index is 2.89. The number of hydrogen-bond acceptors (Lipinski definition) is 3. The van der Waals surface area contributed by atoms with Crippen LogP contribution in [0.1, 0.15) is 11.4 Å². The van der Waals surface area contributed by atoms with E-state index >= 15 is 0 Å². The molecule has 0 aliphatic heterocycles. The lowest BCUT2D eigenvalue weighted by atomic mass is 10.1. The molecule has 1 aromatic heterocycles. The van der Waals surface area contributed by atoms with Crippen LogP contribution < -0.4 is 4.90 Å². The number of rotatable bonds is 1. The van der Waals surface area contributed by atoms with Gasteiger partial charge in [-0.05, 0) is 19.1 Å². The second-order valence-corrected chi connectivity index (χ2v) is 3.99. The fourth-order valence-corrected chi connectivity index (χ4v) is 1.86. The third kappa shape index (κ3) is 1.59. The largest absolute Gasteiger partial charge is 0.377 e. The third-order valence-corrected chi connectivity index (χ3v) is 2.57. The Morgan fingerprint density at radius 3 is 2.62 bits per heavy atom. The first-order valence-electron chi connectivity index (χ1n) is 5.11. The van der Waals surface area contributed by atoms with E-state index in [1.807, 2.05) is 50.2 Å². The van der Waals surface area contributed by atoms with Crippen LogP contribution in [0.25, 0.3) is 10.8 Å². The number of hydrogen-bond donors (Lipinski definition) is 0. The lowest BCUT2D eigenvalue weighted by Crippen LogP contribution is -2.09. The van der Waals surface area contributed by atoms with Gasteiger partial charge >= 0.3 is 0 Å². The Labute approximate surface area is 94.9 Å². The Morgan fingerprint density at radius 1 is 1.25 bits per heavy atom. The summed E-state index contributed by atoms with van der Waals surface area (Å²) in [4.78, 5) is 6.29. The van der Waals surface area contributed by atoms with Gasteiger partial charge in [-0.25, -0.2) is 4.98 Å². The van der Waals surface area contributed by atoms with Gasteiger partial charge in [-0.2, -0.15) is 5.26 Å². The number of nitrogens with zero attached hydrogens (tertiary/aromatic N) is 3. The van der Waals surface area contributed by atoms with Crippen molar-refractivity contribution >= 4 is 16.5 Å². The Bertz CT molecular complexity index is 579. The normalized spacial score (nSPS) is 10.1. The maximum absolute atomic E-state index is 9.06. The first-order valence-corrected chi connectivity index (χ1v) is 5.11. The lowest BCUT2D eigenvalue weighted by molar-refractivity contribution is 1.13. The smallest absolute Gasteiger partial charge is 0.148 e. The summed E-state index contributed by atoms with van der Waals surface area (Å²) in [7, 11) is 3.99. The quantitative estimate of drug-likeness (QED) is 0.727. The highest BCUT2D eigenvalue weighted by Crippen LogP contribution is 2.27. The highest BCUT2D eigenvalue weighted by Gasteiger charge is 2.08. The molecular weight excluding hydrogens is 198 g/mol. The summed E-state index contributed by atoms with van der Waals surface area (Å²) in [5, 5.41) is 11.1. The topological polar surface area (TPSA) is 39.9 Å². The van der Waals surface area contributed by atoms with Crippen LogP contribution in [0.3, 0.4) is 0 Å². The van der Waals surface area contributed by atoms with Crippen LogP contribution in [-0.2, 0) is 0 Å². The van der Waals surface area contributed by atoms with Crippen LogP contribution in [0.15, 0.2) is 24.3 Å². The van der Waals surface area contributed by atoms with E-state index in [0.717, 1.165) is 22.2 Å². The number of nitriles is 1. The minimum atomic E-state index is 0.499. The number of pyridine rings is 1. The number of benzene rings is 1. The molecule has 1 aromatic carbocycles. The van der Waals surface area contributed by atoms with E-state index in [-0.39, 0.29) is 0 Å². The molecule has 0 unspecified atom stereocenters. The summed E-state index contributed by atoms with van der Waals surface area (Å²) >= 11 is 0. The number of aromatic nitrogens is 1. The Kier molecular flexibility index (Phi) is 2.49. The molecule has 0 bridgehead atoms. The van der Waals surface area contributed by atoms with E-state index in [0.29, 0.717) is 5.69 Å². The zero-order chi connectivity index (χ0) is 11.7. The van der Waals surface area contributed by atoms with Crippen LogP contribution in [0.5, 0.6) is 0 Å². The molecule has 80 valence electrons. The van der Waals surface area contributed by atoms with Crippen molar-refractivity contribution in [1.29, 1.82) is 5.26 Å². The molecule has 2 aromatic rings. The molecule has 0 aliphatic rings. The van der Waals surface area contributed by atoms with E-state index in [1.165, 1.54) is 0 Å². The van der Waals surface area contributed by atoms with Gasteiger partial charge in [0.05, 0.1) is 0 Å². The van der Waals surface area contributed by atoms with Crippen LogP contribution in [0, 0.1) is 18.3 Å². The zero-order valence-corrected chi connectivity index (χ0v) is 9.65. The number of anilines is 1. The molecule has 0 radical (unpaired) electrons. The molecule has 0 saturated heterocycles. The van der Waals surface area contributed by atoms with E-state index in [1.54, 1.807) is 0 Å². The van der Waals surface area contributed by atoms with Crippen molar-refractivity contribution in [2.24, 2.45) is 0 Å². The molecule has 1 heterocycles. The van der Waals surface area contributed by atoms with Crippen molar-refractivity contribution in [3.05, 3.63) is 35.7 Å². The molecule has 0 spiro atoms. The molecule has 0 N–H and O–H groups in total. The molecule has 3 nitrogen and oxygen atoms in total. The summed E-state index contributed by atoms with van der Waals surface area (Å²) < 4.78 is 0. The molecule has 0 amide bonds. The van der Waals surface area contributed by atoms with Gasteiger partial charge in [0.1, 0.15) is 11.8 Å². The van der Waals surface area contributed by atoms with E-state index in [4.69, 9.17) is 5.26 Å². The monoisotopic (exact) mass is 211 g/mol. The molecule has 0 atom stereocenters. The van der Waals surface area contributed by atoms with Crippen LogP contribution in [-0.4, -0.2) is 19.1 Å². The van der Waals surface area contributed by atoms with Gasteiger partial charge in [0, 0.05) is 36.2 Å². The minimum absolute atomic E-state index is 0.499. The molecule has 3 heteroatoms. The SMILES string of the molecule is Cc1cc2c(N(C)C)cccc2c(C#N)n1. The average Bonchev–Trinajstić information content (AvgIpc) is 2.26. The lowest BCUT2D eigenvalue weighted by Gasteiger charge is -2.15. The highest BCUT2D eigenvalue weighted by molar-refractivity contribution is 5.96. The van der Waals surface area contributed by atoms with Crippen molar-refractivity contribution in [3.63, 3.8) is 0 Å². The maximum Gasteiger partial charge on any atom is 0.148 e. The highest BCUT2D eigenvalue weighted by atomic mass is 15.1. The summed E-state index contributed by atoms with van der Waals surface area (Å²) in [6.45, 7) is 1.91. The van der Waals surface area contributed by atoms with E-state index in [9.17, 15) is 0 Å². The summed E-state index contributed by atoms with van der Waals surface area (Å²) in [5.74, 6) is 0. The summed E-state index contributed by atoms with van der Waals surface area (Å²) in [6, 6.07) is 10.1. The van der Waals surface area contributed by atoms with Crippen LogP contribution >= 0.6 is 0 Å². The molecule has 2 rings (SSSR count). The summed E-state index contributed by atoms with van der Waals surface area (Å²) in [5.41, 5.74) is 2.48. The first-order chi connectivity index (χ1) is 7.63. The van der Waals surface area contributed by atoms with Gasteiger partial charge in [0.15, 0.2) is 0 Å². The fraction of sp³-hybridized carbons (Fsp3) is 0.231. The predicted octanol–water partition coefficient (Wildman–Crippen LogP) is 2.48. The van der Waals surface area contributed by atoms with Crippen molar-refractivity contribution in [2.45, 2.75) is 6.92 Å². The Morgan fingerprint density at radius 2 is 2.00 bits per heavy atom. The van der Waals surface area contributed by atoms with Crippen molar-refractivity contribution in [2.75, 3.05) is 19.0 Å². The molecule has 0 fully saturated rings. The van der Waals surface area contributed by atoms with Crippen LogP contribution in [0.4, 0.5) is 5.69 Å². The second-order valence-electron chi connectivity index (χ2n) is 3.99. The van der Waals surface area contributed by atoms with Crippen molar-refractivity contribution in [3.8, 4) is 6.07 Å².